The molecule has 3 nitrogen and oxygen atoms in total. The van der Waals surface area contributed by atoms with Crippen LogP contribution in [0.4, 0.5) is 0 Å². The van der Waals surface area contributed by atoms with E-state index in [0.29, 0.717) is 24.2 Å². The van der Waals surface area contributed by atoms with Gasteiger partial charge >= 0.3 is 0 Å². The number of ether oxygens (including phenoxy) is 1. The van der Waals surface area contributed by atoms with Gasteiger partial charge in [0.25, 0.3) is 0 Å². The molecule has 1 saturated heterocycles. The smallest absolute Gasteiger partial charge is 0.0703 e. The average Bonchev–Trinajstić information content (AvgIpc) is 2.63. The standard InChI is InChI=1S/C12H24N2O/c1-9-12(6-7-15-9)14(2)11-5-3-4-10(13)8-11/h9-12H,3-8,13H2,1-2H3. The summed E-state index contributed by atoms with van der Waals surface area (Å²) in [5.74, 6) is 0. The van der Waals surface area contributed by atoms with Gasteiger partial charge in [-0.05, 0) is 39.7 Å². The van der Waals surface area contributed by atoms with E-state index in [4.69, 9.17) is 10.5 Å². The Morgan fingerprint density at radius 3 is 2.67 bits per heavy atom. The Bertz CT molecular complexity index is 210. The molecule has 2 fully saturated rings. The first-order valence-electron chi connectivity index (χ1n) is 6.27. The minimum absolute atomic E-state index is 0.396. The maximum absolute atomic E-state index is 6.04. The molecule has 0 aromatic heterocycles. The monoisotopic (exact) mass is 212 g/mol. The summed E-state index contributed by atoms with van der Waals surface area (Å²) >= 11 is 0. The molecule has 1 aliphatic heterocycles. The van der Waals surface area contributed by atoms with E-state index in [0.717, 1.165) is 6.61 Å². The summed E-state index contributed by atoms with van der Waals surface area (Å²) in [6, 6.07) is 1.71. The molecule has 0 aromatic carbocycles. The highest BCUT2D eigenvalue weighted by Crippen LogP contribution is 2.27. The van der Waals surface area contributed by atoms with Crippen molar-refractivity contribution in [3.8, 4) is 0 Å². The van der Waals surface area contributed by atoms with Gasteiger partial charge in [-0.1, -0.05) is 6.42 Å². The maximum atomic E-state index is 6.04. The van der Waals surface area contributed by atoms with Crippen molar-refractivity contribution in [1.29, 1.82) is 0 Å². The van der Waals surface area contributed by atoms with E-state index >= 15 is 0 Å². The lowest BCUT2D eigenvalue weighted by Crippen LogP contribution is -2.47. The molecule has 2 rings (SSSR count). The van der Waals surface area contributed by atoms with Crippen molar-refractivity contribution in [3.05, 3.63) is 0 Å². The Kier molecular flexibility index (Phi) is 3.65. The molecule has 0 spiro atoms. The Morgan fingerprint density at radius 2 is 2.07 bits per heavy atom. The molecule has 1 heterocycles. The van der Waals surface area contributed by atoms with Crippen LogP contribution in [-0.4, -0.2) is 42.8 Å². The normalized spacial score (nSPS) is 42.4. The van der Waals surface area contributed by atoms with Gasteiger partial charge in [0.2, 0.25) is 0 Å². The molecule has 0 bridgehead atoms. The SMILES string of the molecule is CC1OCCC1N(C)C1CCCC(N)C1. The quantitative estimate of drug-likeness (QED) is 0.751. The topological polar surface area (TPSA) is 38.5 Å². The number of likely N-dealkylation sites (N-methyl/N-ethyl adjacent to an activating group) is 1. The Balaban J connectivity index is 1.91. The average molecular weight is 212 g/mol. The highest BCUT2D eigenvalue weighted by Gasteiger charge is 2.33. The summed E-state index contributed by atoms with van der Waals surface area (Å²) in [6.07, 6.45) is 6.56. The molecule has 3 heteroatoms. The third-order valence-corrected chi connectivity index (χ3v) is 4.12. The van der Waals surface area contributed by atoms with Gasteiger partial charge < -0.3 is 10.5 Å². The molecule has 1 saturated carbocycles. The van der Waals surface area contributed by atoms with E-state index in [-0.39, 0.29) is 0 Å². The number of nitrogens with two attached hydrogens (primary N) is 1. The van der Waals surface area contributed by atoms with Crippen LogP contribution in [0.3, 0.4) is 0 Å². The molecule has 88 valence electrons. The molecule has 4 atom stereocenters. The Labute approximate surface area is 93.0 Å². The van der Waals surface area contributed by atoms with Gasteiger partial charge in [-0.25, -0.2) is 0 Å². The van der Waals surface area contributed by atoms with E-state index < -0.39 is 0 Å². The Hall–Kier alpha value is -0.120. The van der Waals surface area contributed by atoms with Gasteiger partial charge in [0, 0.05) is 24.7 Å². The lowest BCUT2D eigenvalue weighted by Gasteiger charge is -2.38. The van der Waals surface area contributed by atoms with Crippen LogP contribution in [0.2, 0.25) is 0 Å². The molecule has 0 amide bonds. The van der Waals surface area contributed by atoms with E-state index in [1.54, 1.807) is 0 Å². The number of hydrogen-bond donors (Lipinski definition) is 1. The first-order valence-corrected chi connectivity index (χ1v) is 6.27. The molecular formula is C12H24N2O. The van der Waals surface area contributed by atoms with Gasteiger partial charge in [0.15, 0.2) is 0 Å². The molecular weight excluding hydrogens is 188 g/mol. The van der Waals surface area contributed by atoms with Crippen molar-refractivity contribution < 1.29 is 4.74 Å². The van der Waals surface area contributed by atoms with Crippen LogP contribution in [0.5, 0.6) is 0 Å². The molecule has 2 N–H and O–H groups in total. The summed E-state index contributed by atoms with van der Waals surface area (Å²) in [6.45, 7) is 3.12. The van der Waals surface area contributed by atoms with Gasteiger partial charge in [-0.15, -0.1) is 0 Å². The van der Waals surface area contributed by atoms with Crippen LogP contribution in [0.15, 0.2) is 0 Å². The van der Waals surface area contributed by atoms with Crippen LogP contribution >= 0.6 is 0 Å². The maximum Gasteiger partial charge on any atom is 0.0703 e. The zero-order valence-electron chi connectivity index (χ0n) is 9.98. The van der Waals surface area contributed by atoms with E-state index in [2.05, 4.69) is 18.9 Å². The molecule has 0 radical (unpaired) electrons. The number of nitrogens with zero attached hydrogens (tertiary/aromatic N) is 1. The third-order valence-electron chi connectivity index (χ3n) is 4.12. The van der Waals surface area contributed by atoms with Crippen molar-refractivity contribution in [2.75, 3.05) is 13.7 Å². The zero-order chi connectivity index (χ0) is 10.8. The zero-order valence-corrected chi connectivity index (χ0v) is 9.98. The Morgan fingerprint density at radius 1 is 1.27 bits per heavy atom. The number of hydrogen-bond acceptors (Lipinski definition) is 3. The fourth-order valence-electron chi connectivity index (χ4n) is 3.10. The second-order valence-electron chi connectivity index (χ2n) is 5.18. The second kappa shape index (κ2) is 4.81. The van der Waals surface area contributed by atoms with E-state index in [1.807, 2.05) is 0 Å². The van der Waals surface area contributed by atoms with Gasteiger partial charge in [-0.2, -0.15) is 0 Å². The molecule has 2 aliphatic rings. The third kappa shape index (κ3) is 2.52. The summed E-state index contributed by atoms with van der Waals surface area (Å²) in [5.41, 5.74) is 6.04. The van der Waals surface area contributed by atoms with E-state index in [9.17, 15) is 0 Å². The van der Waals surface area contributed by atoms with Crippen molar-refractivity contribution in [3.63, 3.8) is 0 Å². The summed E-state index contributed by atoms with van der Waals surface area (Å²) < 4.78 is 5.63. The lowest BCUT2D eigenvalue weighted by molar-refractivity contribution is 0.0564. The highest BCUT2D eigenvalue weighted by atomic mass is 16.5. The largest absolute Gasteiger partial charge is 0.377 e. The van der Waals surface area contributed by atoms with Crippen LogP contribution < -0.4 is 5.73 Å². The minimum atomic E-state index is 0.396. The fraction of sp³-hybridized carbons (Fsp3) is 1.00. The van der Waals surface area contributed by atoms with Crippen molar-refractivity contribution in [1.82, 2.24) is 4.90 Å². The van der Waals surface area contributed by atoms with Gasteiger partial charge in [0.1, 0.15) is 0 Å². The predicted octanol–water partition coefficient (Wildman–Crippen LogP) is 1.37. The molecule has 1 aliphatic carbocycles. The van der Waals surface area contributed by atoms with Crippen molar-refractivity contribution >= 4 is 0 Å². The second-order valence-corrected chi connectivity index (χ2v) is 5.18. The lowest BCUT2D eigenvalue weighted by atomic mass is 9.89. The first-order chi connectivity index (χ1) is 7.18. The summed E-state index contributed by atoms with van der Waals surface area (Å²) in [5, 5.41) is 0. The van der Waals surface area contributed by atoms with Crippen LogP contribution in [0.25, 0.3) is 0 Å². The van der Waals surface area contributed by atoms with Crippen molar-refractivity contribution in [2.45, 2.75) is 63.3 Å². The summed E-state index contributed by atoms with van der Waals surface area (Å²) in [4.78, 5) is 2.52. The molecule has 15 heavy (non-hydrogen) atoms. The van der Waals surface area contributed by atoms with Gasteiger partial charge in [0.05, 0.1) is 6.10 Å². The molecule has 0 aromatic rings. The van der Waals surface area contributed by atoms with Crippen LogP contribution in [0, 0.1) is 0 Å². The first kappa shape index (κ1) is 11.4. The predicted molar refractivity (Wildman–Crippen MR) is 61.8 cm³/mol. The minimum Gasteiger partial charge on any atom is -0.377 e. The summed E-state index contributed by atoms with van der Waals surface area (Å²) in [7, 11) is 2.25. The van der Waals surface area contributed by atoms with Gasteiger partial charge in [-0.3, -0.25) is 4.90 Å². The van der Waals surface area contributed by atoms with Crippen molar-refractivity contribution in [2.24, 2.45) is 5.73 Å². The van der Waals surface area contributed by atoms with E-state index in [1.165, 1.54) is 32.1 Å². The van der Waals surface area contributed by atoms with Crippen LogP contribution in [0.1, 0.15) is 39.0 Å². The highest BCUT2D eigenvalue weighted by molar-refractivity contribution is 4.88. The fourth-order valence-corrected chi connectivity index (χ4v) is 3.10. The molecule has 4 unspecified atom stereocenters. The van der Waals surface area contributed by atoms with Crippen LogP contribution in [-0.2, 0) is 4.74 Å². The number of rotatable bonds is 2.